The second-order valence-corrected chi connectivity index (χ2v) is 9.30. The molecule has 1 amide bonds. The summed E-state index contributed by atoms with van der Waals surface area (Å²) in [6.07, 6.45) is 3.76. The highest BCUT2D eigenvalue weighted by Gasteiger charge is 2.43. The number of hydrogen-bond donors (Lipinski definition) is 1. The molecule has 3 fully saturated rings. The van der Waals surface area contributed by atoms with Gasteiger partial charge in [0.15, 0.2) is 0 Å². The smallest absolute Gasteiger partial charge is 0.225 e. The number of nitrogens with one attached hydrogen (secondary N) is 1. The Morgan fingerprint density at radius 3 is 2.52 bits per heavy atom. The zero-order valence-electron chi connectivity index (χ0n) is 17.3. The number of hydrogen-bond acceptors (Lipinski definition) is 5. The lowest BCUT2D eigenvalue weighted by Gasteiger charge is -2.27. The maximum atomic E-state index is 13.5. The molecule has 31 heavy (non-hydrogen) atoms. The molecule has 2 saturated heterocycles. The molecule has 1 aliphatic carbocycles. The Balaban J connectivity index is 1.16. The predicted octanol–water partition coefficient (Wildman–Crippen LogP) is 4.01. The molecule has 1 N–H and O–H groups in total. The lowest BCUT2D eigenvalue weighted by molar-refractivity contribution is -0.137. The van der Waals surface area contributed by atoms with Gasteiger partial charge in [-0.25, -0.2) is 4.39 Å². The Bertz CT molecular complexity index is 937. The molecule has 1 aromatic heterocycles. The van der Waals surface area contributed by atoms with Crippen molar-refractivity contribution in [3.8, 4) is 11.3 Å². The van der Waals surface area contributed by atoms with Crippen LogP contribution in [0.25, 0.3) is 11.3 Å². The van der Waals surface area contributed by atoms with Gasteiger partial charge < -0.3 is 15.0 Å². The summed E-state index contributed by atoms with van der Waals surface area (Å²) >= 11 is 6.16. The molecule has 2 aromatic rings. The average Bonchev–Trinajstić information content (AvgIpc) is 3.35. The summed E-state index contributed by atoms with van der Waals surface area (Å²) in [6.45, 7) is 3.13. The summed E-state index contributed by atoms with van der Waals surface area (Å²) in [5.74, 6) is 1.89. The normalized spacial score (nSPS) is 26.1. The topological polar surface area (TPSA) is 67.3 Å². The number of likely N-dealkylation sites (tertiary alicyclic amines) is 1. The Labute approximate surface area is 186 Å². The Kier molecular flexibility index (Phi) is 5.80. The minimum absolute atomic E-state index is 0.141. The van der Waals surface area contributed by atoms with Crippen molar-refractivity contribution < 1.29 is 13.9 Å². The first-order valence-electron chi connectivity index (χ1n) is 11.0. The zero-order valence-corrected chi connectivity index (χ0v) is 18.0. The van der Waals surface area contributed by atoms with E-state index in [1.165, 1.54) is 18.2 Å². The van der Waals surface area contributed by atoms with Crippen molar-refractivity contribution in [3.05, 3.63) is 41.2 Å². The van der Waals surface area contributed by atoms with E-state index in [-0.39, 0.29) is 11.7 Å². The van der Waals surface area contributed by atoms with Crippen molar-refractivity contribution in [3.63, 3.8) is 0 Å². The maximum absolute atomic E-state index is 13.5. The zero-order chi connectivity index (χ0) is 21.4. The van der Waals surface area contributed by atoms with E-state index < -0.39 is 0 Å². The van der Waals surface area contributed by atoms with Crippen LogP contribution in [0.3, 0.4) is 0 Å². The molecule has 6 nitrogen and oxygen atoms in total. The third-order valence-corrected chi connectivity index (χ3v) is 7.18. The van der Waals surface area contributed by atoms with E-state index in [9.17, 15) is 9.18 Å². The number of nitrogens with zero attached hydrogens (tertiary/aromatic N) is 3. The standard InChI is InChI=1S/C23H26ClFN4O2/c24-20-2-1-17(25)11-19(20)21-3-4-22(28-27-21)26-18-9-15-12-29(13-16(15)10-18)23(30)14-5-7-31-8-6-14/h1-4,11,14-16,18H,5-10,12-13H2,(H,26,28)/t15-,16+,18-. The molecule has 0 radical (unpaired) electrons. The number of anilines is 1. The molecular weight excluding hydrogens is 419 g/mol. The maximum Gasteiger partial charge on any atom is 0.225 e. The molecule has 5 rings (SSSR count). The van der Waals surface area contributed by atoms with Crippen LogP contribution in [0.1, 0.15) is 25.7 Å². The first-order chi connectivity index (χ1) is 15.1. The number of fused-ring (bicyclic) bond motifs is 1. The predicted molar refractivity (Wildman–Crippen MR) is 116 cm³/mol. The van der Waals surface area contributed by atoms with Gasteiger partial charge in [0.25, 0.3) is 0 Å². The molecule has 8 heteroatoms. The highest BCUT2D eigenvalue weighted by molar-refractivity contribution is 6.33. The van der Waals surface area contributed by atoms with Crippen molar-refractivity contribution in [2.75, 3.05) is 31.6 Å². The number of halogens is 2. The number of amides is 1. The van der Waals surface area contributed by atoms with Gasteiger partial charge in [0.05, 0.1) is 10.7 Å². The van der Waals surface area contributed by atoms with Gasteiger partial charge in [-0.2, -0.15) is 0 Å². The summed E-state index contributed by atoms with van der Waals surface area (Å²) < 4.78 is 18.9. The van der Waals surface area contributed by atoms with Crippen molar-refractivity contribution in [2.45, 2.75) is 31.7 Å². The summed E-state index contributed by atoms with van der Waals surface area (Å²) in [5, 5.41) is 12.4. The Hall–Kier alpha value is -2.25. The molecule has 0 spiro atoms. The van der Waals surface area contributed by atoms with Gasteiger partial charge in [-0.05, 0) is 67.9 Å². The van der Waals surface area contributed by atoms with E-state index >= 15 is 0 Å². The number of rotatable bonds is 4. The fourth-order valence-electron chi connectivity index (χ4n) is 5.26. The van der Waals surface area contributed by atoms with E-state index in [0.29, 0.717) is 59.1 Å². The quantitative estimate of drug-likeness (QED) is 0.771. The lowest BCUT2D eigenvalue weighted by Crippen LogP contribution is -2.38. The molecule has 3 atom stereocenters. The molecule has 3 heterocycles. The van der Waals surface area contributed by atoms with Crippen molar-refractivity contribution in [1.82, 2.24) is 15.1 Å². The summed E-state index contributed by atoms with van der Waals surface area (Å²) in [6, 6.07) is 8.20. The van der Waals surface area contributed by atoms with E-state index in [2.05, 4.69) is 20.4 Å². The Morgan fingerprint density at radius 2 is 1.84 bits per heavy atom. The molecule has 164 valence electrons. The molecule has 0 unspecified atom stereocenters. The molecule has 0 bridgehead atoms. The van der Waals surface area contributed by atoms with Crippen LogP contribution in [0.15, 0.2) is 30.3 Å². The SMILES string of the molecule is O=C(C1CCOCC1)N1C[C@H]2C[C@@H](Nc3ccc(-c4cc(F)ccc4Cl)nn3)C[C@H]2C1. The van der Waals surface area contributed by atoms with Gasteiger partial charge in [-0.3, -0.25) is 4.79 Å². The first-order valence-corrected chi connectivity index (χ1v) is 11.4. The van der Waals surface area contributed by atoms with Crippen LogP contribution in [-0.2, 0) is 9.53 Å². The molecule has 1 saturated carbocycles. The number of aromatic nitrogens is 2. The van der Waals surface area contributed by atoms with Crippen LogP contribution in [0, 0.1) is 23.6 Å². The van der Waals surface area contributed by atoms with E-state index in [4.69, 9.17) is 16.3 Å². The minimum atomic E-state index is -0.356. The van der Waals surface area contributed by atoms with Crippen LogP contribution in [0.2, 0.25) is 5.02 Å². The fraction of sp³-hybridized carbons (Fsp3) is 0.522. The number of carbonyl (C=O) groups is 1. The molecule has 1 aromatic carbocycles. The van der Waals surface area contributed by atoms with Crippen LogP contribution in [0.4, 0.5) is 10.2 Å². The molecular formula is C23H26ClFN4O2. The molecule has 2 aliphatic heterocycles. The van der Waals surface area contributed by atoms with Crippen LogP contribution in [-0.4, -0.2) is 53.3 Å². The fourth-order valence-corrected chi connectivity index (χ4v) is 5.47. The highest BCUT2D eigenvalue weighted by atomic mass is 35.5. The van der Waals surface area contributed by atoms with Crippen LogP contribution < -0.4 is 5.32 Å². The highest BCUT2D eigenvalue weighted by Crippen LogP contribution is 2.40. The van der Waals surface area contributed by atoms with E-state index in [0.717, 1.165) is 38.8 Å². The third kappa shape index (κ3) is 4.39. The lowest BCUT2D eigenvalue weighted by atomic mass is 9.98. The van der Waals surface area contributed by atoms with Gasteiger partial charge in [0.1, 0.15) is 11.6 Å². The number of ether oxygens (including phenoxy) is 1. The monoisotopic (exact) mass is 444 g/mol. The van der Waals surface area contributed by atoms with Crippen molar-refractivity contribution >= 4 is 23.3 Å². The van der Waals surface area contributed by atoms with Gasteiger partial charge in [0, 0.05) is 43.8 Å². The number of carbonyl (C=O) groups excluding carboxylic acids is 1. The molecule has 3 aliphatic rings. The summed E-state index contributed by atoms with van der Waals surface area (Å²) in [7, 11) is 0. The summed E-state index contributed by atoms with van der Waals surface area (Å²) in [4.78, 5) is 14.9. The average molecular weight is 445 g/mol. The Morgan fingerprint density at radius 1 is 1.10 bits per heavy atom. The second kappa shape index (κ2) is 8.71. The van der Waals surface area contributed by atoms with Crippen LogP contribution in [0.5, 0.6) is 0 Å². The first kappa shape index (κ1) is 20.6. The summed E-state index contributed by atoms with van der Waals surface area (Å²) in [5.41, 5.74) is 1.08. The number of benzene rings is 1. The van der Waals surface area contributed by atoms with Gasteiger partial charge in [-0.15, -0.1) is 10.2 Å². The van der Waals surface area contributed by atoms with Gasteiger partial charge in [-0.1, -0.05) is 11.6 Å². The second-order valence-electron chi connectivity index (χ2n) is 8.89. The van der Waals surface area contributed by atoms with Crippen LogP contribution >= 0.6 is 11.6 Å². The van der Waals surface area contributed by atoms with Gasteiger partial charge >= 0.3 is 0 Å². The van der Waals surface area contributed by atoms with Crippen molar-refractivity contribution in [1.29, 1.82) is 0 Å². The van der Waals surface area contributed by atoms with E-state index in [1.807, 2.05) is 6.07 Å². The minimum Gasteiger partial charge on any atom is -0.381 e. The van der Waals surface area contributed by atoms with Gasteiger partial charge in [0.2, 0.25) is 5.91 Å². The largest absolute Gasteiger partial charge is 0.381 e. The van der Waals surface area contributed by atoms with E-state index in [1.54, 1.807) is 6.07 Å². The third-order valence-electron chi connectivity index (χ3n) is 6.85. The van der Waals surface area contributed by atoms with Crippen molar-refractivity contribution in [2.24, 2.45) is 17.8 Å².